The number of rotatable bonds is 11. The van der Waals surface area contributed by atoms with Crippen molar-refractivity contribution in [2.45, 2.75) is 51.5 Å². The summed E-state index contributed by atoms with van der Waals surface area (Å²) in [6.07, 6.45) is 5.58. The van der Waals surface area contributed by atoms with Crippen LogP contribution < -0.4 is 9.47 Å². The number of benzene rings is 2. The first-order chi connectivity index (χ1) is 18.4. The molecule has 8 nitrogen and oxygen atoms in total. The van der Waals surface area contributed by atoms with Gasteiger partial charge in [-0.15, -0.1) is 0 Å². The summed E-state index contributed by atoms with van der Waals surface area (Å²) in [5, 5.41) is 4.16. The van der Waals surface area contributed by atoms with Crippen molar-refractivity contribution in [2.24, 2.45) is 0 Å². The van der Waals surface area contributed by atoms with Crippen LogP contribution in [-0.2, 0) is 26.8 Å². The van der Waals surface area contributed by atoms with Crippen molar-refractivity contribution in [3.05, 3.63) is 68.7 Å². The van der Waals surface area contributed by atoms with Crippen LogP contribution in [0, 0.1) is 13.8 Å². The van der Waals surface area contributed by atoms with Gasteiger partial charge in [0.25, 0.3) is 25.2 Å². The number of allylic oxidation sites excluding steroid dienone is 2. The largest absolute Gasteiger partial charge is 0.334 e. The highest BCUT2D eigenvalue weighted by molar-refractivity contribution is 8.03. The van der Waals surface area contributed by atoms with Crippen molar-refractivity contribution in [3.8, 4) is 0 Å². The summed E-state index contributed by atoms with van der Waals surface area (Å²) >= 11 is 3.27. The highest BCUT2D eigenvalue weighted by Gasteiger charge is 2.28. The molecule has 0 spiro atoms. The number of hydrogen-bond acceptors (Lipinski definition) is 7. The molecule has 1 aromatic heterocycles. The summed E-state index contributed by atoms with van der Waals surface area (Å²) in [6, 6.07) is 12.3. The maximum Gasteiger partial charge on any atom is 0.265 e. The van der Waals surface area contributed by atoms with E-state index >= 15 is 0 Å². The number of fused-ring (bicyclic) bond motifs is 3. The van der Waals surface area contributed by atoms with Gasteiger partial charge < -0.3 is 4.90 Å². The topological polar surface area (TPSA) is 116 Å². The van der Waals surface area contributed by atoms with E-state index < -0.39 is 20.2 Å². The lowest BCUT2D eigenvalue weighted by atomic mass is 10.1. The summed E-state index contributed by atoms with van der Waals surface area (Å²) < 4.78 is 65.8. The van der Waals surface area contributed by atoms with E-state index in [1.165, 1.54) is 0 Å². The number of aromatic nitrogens is 1. The fourth-order valence-corrected chi connectivity index (χ4v) is 7.89. The maximum atomic E-state index is 11.4. The molecule has 1 aliphatic rings. The standard InChI is InChI=1S/C27H32N2O6S4/c1-4-21(17-25-28(19(2)20(3)36-25)13-7-15-38(30,31)32)18-26-29(14-8-16-39(33,34)35)27-23-10-6-5-9-22(23)11-12-24(27)37-26/h5-6,9-12,17-18H,4,7-8,13-16H2,1-3H3,(H-,30,31,32,33,34,35)/p+1. The smallest absolute Gasteiger partial charge is 0.265 e. The van der Waals surface area contributed by atoms with Gasteiger partial charge in [0.15, 0.2) is 12.2 Å². The Hall–Kier alpha value is -2.22. The highest BCUT2D eigenvalue weighted by Crippen LogP contribution is 2.50. The fourth-order valence-electron chi connectivity index (χ4n) is 4.60. The minimum absolute atomic E-state index is 0.279. The van der Waals surface area contributed by atoms with Crippen molar-refractivity contribution in [1.82, 2.24) is 0 Å². The molecular formula is C27H33N2O6S4+. The second kappa shape index (κ2) is 12.1. The monoisotopic (exact) mass is 609 g/mol. The lowest BCUT2D eigenvalue weighted by Crippen LogP contribution is -2.38. The van der Waals surface area contributed by atoms with Crippen LogP contribution in [0.3, 0.4) is 0 Å². The average molecular weight is 610 g/mol. The molecule has 0 amide bonds. The Bertz CT molecular complexity index is 1660. The van der Waals surface area contributed by atoms with Crippen LogP contribution in [0.2, 0.25) is 0 Å². The first-order valence-corrected chi connectivity index (χ1v) is 17.5. The molecule has 0 atom stereocenters. The van der Waals surface area contributed by atoms with Gasteiger partial charge in [-0.1, -0.05) is 60.4 Å². The summed E-state index contributed by atoms with van der Waals surface area (Å²) in [6.45, 7) is 7.02. The Morgan fingerprint density at radius 2 is 1.69 bits per heavy atom. The Labute approximate surface area is 238 Å². The SMILES string of the molecule is CCC(=Cc1sc(C)c(C)[n+]1CCCS(=O)(=O)O)C=C1Sc2ccc3ccccc3c2N1CCCS(=O)(=O)O. The number of thiazole rings is 1. The second-order valence-electron chi connectivity index (χ2n) is 9.46. The van der Waals surface area contributed by atoms with Crippen LogP contribution in [0.4, 0.5) is 5.69 Å². The normalized spacial score (nSPS) is 15.5. The van der Waals surface area contributed by atoms with E-state index in [-0.39, 0.29) is 17.9 Å². The zero-order valence-corrected chi connectivity index (χ0v) is 25.4. The van der Waals surface area contributed by atoms with Gasteiger partial charge in [-0.2, -0.15) is 21.4 Å². The predicted octanol–water partition coefficient (Wildman–Crippen LogP) is 5.61. The van der Waals surface area contributed by atoms with Crippen molar-refractivity contribution in [3.63, 3.8) is 0 Å². The van der Waals surface area contributed by atoms with Gasteiger partial charge >= 0.3 is 0 Å². The number of nitrogens with zero attached hydrogens (tertiary/aromatic N) is 2. The molecule has 0 saturated heterocycles. The Morgan fingerprint density at radius 1 is 1.00 bits per heavy atom. The Morgan fingerprint density at radius 3 is 2.38 bits per heavy atom. The van der Waals surface area contributed by atoms with Crippen LogP contribution in [0.1, 0.15) is 41.8 Å². The molecule has 0 bridgehead atoms. The number of thioether (sulfide) groups is 1. The molecule has 0 saturated carbocycles. The van der Waals surface area contributed by atoms with E-state index in [4.69, 9.17) is 4.55 Å². The minimum Gasteiger partial charge on any atom is -0.334 e. The lowest BCUT2D eigenvalue weighted by molar-refractivity contribution is -0.699. The van der Waals surface area contributed by atoms with E-state index in [1.54, 1.807) is 23.1 Å². The van der Waals surface area contributed by atoms with Gasteiger partial charge in [-0.3, -0.25) is 9.11 Å². The minimum atomic E-state index is -4.06. The fraction of sp³-hybridized carbons (Fsp3) is 0.370. The van der Waals surface area contributed by atoms with Crippen LogP contribution in [0.5, 0.6) is 0 Å². The van der Waals surface area contributed by atoms with Gasteiger partial charge in [0.05, 0.1) is 27.1 Å². The Balaban J connectivity index is 1.71. The first kappa shape index (κ1) is 29.8. The molecule has 39 heavy (non-hydrogen) atoms. The quantitative estimate of drug-likeness (QED) is 0.213. The van der Waals surface area contributed by atoms with Gasteiger partial charge in [-0.05, 0) is 42.9 Å². The molecule has 0 radical (unpaired) electrons. The molecule has 4 rings (SSSR count). The van der Waals surface area contributed by atoms with Crippen LogP contribution in [0.25, 0.3) is 16.8 Å². The van der Waals surface area contributed by atoms with E-state index in [1.807, 2.05) is 26.0 Å². The van der Waals surface area contributed by atoms with Crippen LogP contribution >= 0.6 is 23.1 Å². The Kier molecular flexibility index (Phi) is 9.24. The van der Waals surface area contributed by atoms with Crippen molar-refractivity contribution in [2.75, 3.05) is 23.0 Å². The first-order valence-electron chi connectivity index (χ1n) is 12.7. The molecule has 1 aliphatic heterocycles. The zero-order chi connectivity index (χ0) is 28.4. The maximum absolute atomic E-state index is 11.4. The van der Waals surface area contributed by atoms with Crippen molar-refractivity contribution in [1.29, 1.82) is 0 Å². The molecule has 0 aliphatic carbocycles. The molecular weight excluding hydrogens is 577 g/mol. The van der Waals surface area contributed by atoms with Crippen molar-refractivity contribution >= 4 is 65.9 Å². The van der Waals surface area contributed by atoms with E-state index in [2.05, 4.69) is 52.8 Å². The van der Waals surface area contributed by atoms with Gasteiger partial charge in [0.1, 0.15) is 0 Å². The highest BCUT2D eigenvalue weighted by atomic mass is 32.2. The number of aryl methyl sites for hydroxylation is 1. The van der Waals surface area contributed by atoms with E-state index in [9.17, 15) is 21.4 Å². The molecule has 0 unspecified atom stereocenters. The molecule has 3 aromatic rings. The third-order valence-electron chi connectivity index (χ3n) is 6.65. The zero-order valence-electron chi connectivity index (χ0n) is 22.1. The van der Waals surface area contributed by atoms with E-state index in [0.29, 0.717) is 19.5 Å². The van der Waals surface area contributed by atoms with Gasteiger partial charge in [-0.25, -0.2) is 0 Å². The number of hydrogen-bond donors (Lipinski definition) is 2. The summed E-state index contributed by atoms with van der Waals surface area (Å²) in [5.41, 5.74) is 3.17. The predicted molar refractivity (Wildman–Crippen MR) is 160 cm³/mol. The van der Waals surface area contributed by atoms with Gasteiger partial charge in [0, 0.05) is 36.2 Å². The third kappa shape index (κ3) is 7.50. The third-order valence-corrected chi connectivity index (χ3v) is 10.5. The molecule has 210 valence electrons. The van der Waals surface area contributed by atoms with Crippen LogP contribution in [-0.4, -0.2) is 44.0 Å². The molecule has 0 fully saturated rings. The van der Waals surface area contributed by atoms with Crippen LogP contribution in [0.15, 0.2) is 58.0 Å². The van der Waals surface area contributed by atoms with E-state index in [0.717, 1.165) is 54.0 Å². The molecule has 2 aromatic carbocycles. The molecule has 2 N–H and O–H groups in total. The van der Waals surface area contributed by atoms with Crippen molar-refractivity contribution < 1.29 is 30.5 Å². The second-order valence-corrected chi connectivity index (χ2v) is 14.9. The molecule has 2 heterocycles. The summed E-state index contributed by atoms with van der Waals surface area (Å²) in [7, 11) is -8.08. The summed E-state index contributed by atoms with van der Waals surface area (Å²) in [5.74, 6) is -0.598. The summed E-state index contributed by atoms with van der Waals surface area (Å²) in [4.78, 5) is 4.37. The lowest BCUT2D eigenvalue weighted by Gasteiger charge is -2.22. The molecule has 12 heteroatoms. The van der Waals surface area contributed by atoms with Gasteiger partial charge in [0.2, 0.25) is 0 Å². The average Bonchev–Trinajstić information content (AvgIpc) is 3.33. The number of anilines is 1.